The van der Waals surface area contributed by atoms with Crippen LogP contribution in [0.5, 0.6) is 0 Å². The molecule has 0 radical (unpaired) electrons. The number of amides is 1. The van der Waals surface area contributed by atoms with Crippen LogP contribution in [-0.2, 0) is 4.79 Å². The Labute approximate surface area is 171 Å². The van der Waals surface area contributed by atoms with E-state index in [0.29, 0.717) is 5.02 Å². The summed E-state index contributed by atoms with van der Waals surface area (Å²) in [6, 6.07) is 15.5. The van der Waals surface area contributed by atoms with Crippen LogP contribution < -0.4 is 10.6 Å². The van der Waals surface area contributed by atoms with Crippen LogP contribution in [0.15, 0.2) is 53.5 Å². The van der Waals surface area contributed by atoms with Gasteiger partial charge in [-0.2, -0.15) is 0 Å². The Morgan fingerprint density at radius 3 is 2.61 bits per heavy atom. The topological polar surface area (TPSA) is 53.5 Å². The standard InChI is InChI=1S/C23H26ClN3O/c1-2-23(13-7-4-8-14-23)27-21-22(28)25-19-12-11-17(24)15-18(19)20(26-21)16-9-5-3-6-10-16/h3,5-6,9-12,15,21,27H,2,4,7-8,13-14H2,1H3,(H,25,28). The van der Waals surface area contributed by atoms with Gasteiger partial charge >= 0.3 is 0 Å². The molecule has 2 aromatic carbocycles. The Balaban J connectivity index is 1.78. The first-order valence-corrected chi connectivity index (χ1v) is 10.5. The van der Waals surface area contributed by atoms with Gasteiger partial charge in [-0.25, -0.2) is 0 Å². The molecule has 1 fully saturated rings. The summed E-state index contributed by atoms with van der Waals surface area (Å²) in [5.41, 5.74) is 3.33. The highest BCUT2D eigenvalue weighted by molar-refractivity contribution is 6.32. The van der Waals surface area contributed by atoms with Crippen LogP contribution >= 0.6 is 11.6 Å². The first kappa shape index (κ1) is 19.2. The molecule has 1 aliphatic heterocycles. The zero-order valence-corrected chi connectivity index (χ0v) is 16.9. The third kappa shape index (κ3) is 3.85. The lowest BCUT2D eigenvalue weighted by molar-refractivity contribution is -0.118. The maximum Gasteiger partial charge on any atom is 0.264 e. The quantitative estimate of drug-likeness (QED) is 0.751. The molecule has 1 heterocycles. The average molecular weight is 396 g/mol. The number of fused-ring (bicyclic) bond motifs is 1. The Hall–Kier alpha value is -2.17. The molecule has 2 N–H and O–H groups in total. The van der Waals surface area contributed by atoms with E-state index < -0.39 is 6.17 Å². The number of aliphatic imine (C=N–C) groups is 1. The molecule has 4 nitrogen and oxygen atoms in total. The van der Waals surface area contributed by atoms with Crippen molar-refractivity contribution in [2.24, 2.45) is 4.99 Å². The predicted octanol–water partition coefficient (Wildman–Crippen LogP) is 5.16. The summed E-state index contributed by atoms with van der Waals surface area (Å²) < 4.78 is 0. The van der Waals surface area contributed by atoms with Crippen molar-refractivity contribution in [3.8, 4) is 0 Å². The molecule has 4 rings (SSSR count). The molecule has 1 unspecified atom stereocenters. The lowest BCUT2D eigenvalue weighted by atomic mass is 9.79. The molecular formula is C23H26ClN3O. The highest BCUT2D eigenvalue weighted by atomic mass is 35.5. The Kier molecular flexibility index (Phi) is 5.51. The second-order valence-corrected chi connectivity index (χ2v) is 8.20. The number of nitrogens with zero attached hydrogens (tertiary/aromatic N) is 1. The van der Waals surface area contributed by atoms with Gasteiger partial charge in [0, 0.05) is 21.7 Å². The highest BCUT2D eigenvalue weighted by Gasteiger charge is 2.36. The highest BCUT2D eigenvalue weighted by Crippen LogP contribution is 2.33. The van der Waals surface area contributed by atoms with Crippen LogP contribution in [0.4, 0.5) is 5.69 Å². The minimum Gasteiger partial charge on any atom is -0.322 e. The van der Waals surface area contributed by atoms with Crippen molar-refractivity contribution in [3.05, 3.63) is 64.7 Å². The second-order valence-electron chi connectivity index (χ2n) is 7.76. The molecule has 1 aliphatic carbocycles. The minimum atomic E-state index is -0.626. The van der Waals surface area contributed by atoms with Crippen molar-refractivity contribution in [2.75, 3.05) is 5.32 Å². The normalized spacial score (nSPS) is 21.3. The van der Waals surface area contributed by atoms with Gasteiger partial charge in [0.2, 0.25) is 0 Å². The number of carbonyl (C=O) groups is 1. The third-order valence-corrected chi connectivity index (χ3v) is 6.21. The summed E-state index contributed by atoms with van der Waals surface area (Å²) in [5.74, 6) is -0.118. The summed E-state index contributed by atoms with van der Waals surface area (Å²) in [7, 11) is 0. The first-order valence-electron chi connectivity index (χ1n) is 10.1. The number of halogens is 1. The third-order valence-electron chi connectivity index (χ3n) is 5.98. The molecule has 1 atom stereocenters. The Morgan fingerprint density at radius 2 is 1.89 bits per heavy atom. The fraction of sp³-hybridized carbons (Fsp3) is 0.391. The molecule has 1 saturated carbocycles. The molecular weight excluding hydrogens is 370 g/mol. The lowest BCUT2D eigenvalue weighted by Crippen LogP contribution is -2.54. The van der Waals surface area contributed by atoms with Crippen molar-refractivity contribution in [1.82, 2.24) is 5.32 Å². The van der Waals surface area contributed by atoms with Crippen LogP contribution in [0.2, 0.25) is 5.02 Å². The van der Waals surface area contributed by atoms with Gasteiger partial charge in [0.05, 0.1) is 11.4 Å². The van der Waals surface area contributed by atoms with Crippen LogP contribution in [0, 0.1) is 0 Å². The molecule has 5 heteroatoms. The summed E-state index contributed by atoms with van der Waals surface area (Å²) in [6.07, 6.45) is 6.19. The fourth-order valence-corrected chi connectivity index (χ4v) is 4.49. The number of anilines is 1. The van der Waals surface area contributed by atoms with E-state index in [9.17, 15) is 4.79 Å². The molecule has 0 aromatic heterocycles. The molecule has 1 amide bonds. The van der Waals surface area contributed by atoms with E-state index in [1.54, 1.807) is 6.07 Å². The van der Waals surface area contributed by atoms with Gasteiger partial charge in [-0.1, -0.05) is 68.1 Å². The smallest absolute Gasteiger partial charge is 0.264 e. The van der Waals surface area contributed by atoms with Crippen molar-refractivity contribution in [3.63, 3.8) is 0 Å². The van der Waals surface area contributed by atoms with E-state index in [-0.39, 0.29) is 11.4 Å². The number of benzene rings is 2. The predicted molar refractivity (Wildman–Crippen MR) is 115 cm³/mol. The summed E-state index contributed by atoms with van der Waals surface area (Å²) >= 11 is 6.27. The molecule has 2 aliphatic rings. The van der Waals surface area contributed by atoms with Crippen LogP contribution in [-0.4, -0.2) is 23.3 Å². The van der Waals surface area contributed by atoms with E-state index in [0.717, 1.165) is 41.8 Å². The van der Waals surface area contributed by atoms with Gasteiger partial charge in [0.1, 0.15) is 0 Å². The Morgan fingerprint density at radius 1 is 1.14 bits per heavy atom. The number of hydrogen-bond donors (Lipinski definition) is 2. The maximum atomic E-state index is 13.1. The number of carbonyl (C=O) groups excluding carboxylic acids is 1. The zero-order chi connectivity index (χ0) is 19.6. The number of nitrogens with one attached hydrogen (secondary N) is 2. The SMILES string of the molecule is CCC1(NC2N=C(c3ccccc3)c3cc(Cl)ccc3NC2=O)CCCCC1. The number of rotatable bonds is 4. The summed E-state index contributed by atoms with van der Waals surface area (Å²) in [4.78, 5) is 18.0. The van der Waals surface area contributed by atoms with Gasteiger partial charge < -0.3 is 5.32 Å². The molecule has 146 valence electrons. The zero-order valence-electron chi connectivity index (χ0n) is 16.2. The van der Waals surface area contributed by atoms with Crippen LogP contribution in [0.1, 0.15) is 56.6 Å². The summed E-state index contributed by atoms with van der Waals surface area (Å²) in [6.45, 7) is 2.20. The van der Waals surface area contributed by atoms with E-state index in [1.807, 2.05) is 42.5 Å². The van der Waals surface area contributed by atoms with Gasteiger partial charge in [0.25, 0.3) is 5.91 Å². The largest absolute Gasteiger partial charge is 0.322 e. The molecule has 0 saturated heterocycles. The molecule has 0 spiro atoms. The first-order chi connectivity index (χ1) is 13.6. The van der Waals surface area contributed by atoms with Crippen LogP contribution in [0.25, 0.3) is 0 Å². The van der Waals surface area contributed by atoms with Gasteiger partial charge in [-0.05, 0) is 37.5 Å². The summed E-state index contributed by atoms with van der Waals surface area (Å²) in [5, 5.41) is 7.31. The van der Waals surface area contributed by atoms with Gasteiger partial charge in [-0.15, -0.1) is 0 Å². The maximum absolute atomic E-state index is 13.1. The monoisotopic (exact) mass is 395 g/mol. The van der Waals surface area contributed by atoms with E-state index >= 15 is 0 Å². The van der Waals surface area contributed by atoms with E-state index in [4.69, 9.17) is 16.6 Å². The Bertz CT molecular complexity index is 888. The van der Waals surface area contributed by atoms with Crippen LogP contribution in [0.3, 0.4) is 0 Å². The molecule has 0 bridgehead atoms. The number of hydrogen-bond acceptors (Lipinski definition) is 3. The second kappa shape index (κ2) is 8.06. The lowest BCUT2D eigenvalue weighted by Gasteiger charge is -2.39. The molecule has 28 heavy (non-hydrogen) atoms. The van der Waals surface area contributed by atoms with Gasteiger partial charge in [-0.3, -0.25) is 15.1 Å². The van der Waals surface area contributed by atoms with Crippen molar-refractivity contribution < 1.29 is 4.79 Å². The fourth-order valence-electron chi connectivity index (χ4n) is 4.32. The van der Waals surface area contributed by atoms with Crippen molar-refractivity contribution >= 4 is 28.9 Å². The van der Waals surface area contributed by atoms with E-state index in [2.05, 4.69) is 17.6 Å². The molecule has 2 aromatic rings. The van der Waals surface area contributed by atoms with Crippen molar-refractivity contribution in [1.29, 1.82) is 0 Å². The average Bonchev–Trinajstić information content (AvgIpc) is 2.86. The van der Waals surface area contributed by atoms with E-state index in [1.165, 1.54) is 19.3 Å². The van der Waals surface area contributed by atoms with Gasteiger partial charge in [0.15, 0.2) is 6.17 Å². The number of benzodiazepines with no additional fused rings is 1. The van der Waals surface area contributed by atoms with Crippen molar-refractivity contribution in [2.45, 2.75) is 57.2 Å². The minimum absolute atomic E-state index is 0.0281.